The van der Waals surface area contributed by atoms with Crippen LogP contribution < -0.4 is 10.2 Å². The molecule has 1 aromatic carbocycles. The highest BCUT2D eigenvalue weighted by Gasteiger charge is 2.24. The van der Waals surface area contributed by atoms with Gasteiger partial charge in [-0.3, -0.25) is 9.67 Å². The van der Waals surface area contributed by atoms with Crippen LogP contribution in [0, 0.1) is 17.5 Å². The number of methoxy groups -OCH3 is 1. The van der Waals surface area contributed by atoms with Crippen molar-refractivity contribution in [2.24, 2.45) is 12.0 Å². The third kappa shape index (κ3) is 4.67. The van der Waals surface area contributed by atoms with Crippen LogP contribution in [0.5, 0.6) is 0 Å². The smallest absolute Gasteiger partial charge is 0.203 e. The van der Waals surface area contributed by atoms with Gasteiger partial charge in [0.25, 0.3) is 0 Å². The maximum Gasteiger partial charge on any atom is 0.203 e. The van der Waals surface area contributed by atoms with Crippen LogP contribution in [0.2, 0.25) is 0 Å². The van der Waals surface area contributed by atoms with Crippen LogP contribution in [0.15, 0.2) is 46.9 Å². The summed E-state index contributed by atoms with van der Waals surface area (Å²) >= 11 is 0. The van der Waals surface area contributed by atoms with Gasteiger partial charge in [0.1, 0.15) is 0 Å². The molecule has 160 valence electrons. The van der Waals surface area contributed by atoms with Crippen molar-refractivity contribution in [2.45, 2.75) is 26.8 Å². The second-order valence-electron chi connectivity index (χ2n) is 6.88. The Kier molecular flexibility index (Phi) is 6.49. The Balaban J connectivity index is 2.01. The van der Waals surface area contributed by atoms with E-state index in [-0.39, 0.29) is 12.1 Å². The number of rotatable bonds is 5. The lowest BCUT2D eigenvalue weighted by molar-refractivity contribution is 0.293. The molecule has 0 radical (unpaired) electrons. The highest BCUT2D eigenvalue weighted by atomic mass is 19.2. The lowest BCUT2D eigenvalue weighted by Gasteiger charge is -2.26. The zero-order valence-electron chi connectivity index (χ0n) is 17.3. The van der Waals surface area contributed by atoms with Gasteiger partial charge < -0.3 is 15.0 Å². The van der Waals surface area contributed by atoms with Gasteiger partial charge in [-0.1, -0.05) is 6.08 Å². The van der Waals surface area contributed by atoms with Crippen LogP contribution >= 0.6 is 0 Å². The molecule has 0 spiro atoms. The lowest BCUT2D eigenvalue weighted by atomic mass is 10.1. The second-order valence-corrected chi connectivity index (χ2v) is 6.88. The number of anilines is 1. The van der Waals surface area contributed by atoms with E-state index in [0.717, 1.165) is 29.2 Å². The summed E-state index contributed by atoms with van der Waals surface area (Å²) in [5.74, 6) is -2.77. The lowest BCUT2D eigenvalue weighted by Crippen LogP contribution is -2.40. The van der Waals surface area contributed by atoms with E-state index in [9.17, 15) is 13.2 Å². The average molecular weight is 419 g/mol. The first-order chi connectivity index (χ1) is 14.3. The molecule has 0 fully saturated rings. The Bertz CT molecular complexity index is 1000. The van der Waals surface area contributed by atoms with Crippen LogP contribution in [0.3, 0.4) is 0 Å². The van der Waals surface area contributed by atoms with E-state index >= 15 is 0 Å². The summed E-state index contributed by atoms with van der Waals surface area (Å²) in [7, 11) is 3.38. The van der Waals surface area contributed by atoms with Crippen molar-refractivity contribution in [3.63, 3.8) is 0 Å². The SMILES string of the molecule is C/C=C(/C=C(\C)OC)NC1=NCCc2nn(C)cc2N1Cc1cc(F)c(F)c(F)c1. The molecule has 0 amide bonds. The standard InChI is InChI=1S/C21H24F3N5O/c1-5-15(8-13(2)30-4)26-21-25-7-6-18-19(12-28(3)27-18)29(21)11-14-9-16(22)20(24)17(23)10-14/h5,8-10,12H,6-7,11H2,1-4H3,(H,25,26)/b13-8+,15-5-. The van der Waals surface area contributed by atoms with Gasteiger partial charge in [0, 0.05) is 31.9 Å². The van der Waals surface area contributed by atoms with E-state index in [1.807, 2.05) is 32.2 Å². The maximum atomic E-state index is 13.8. The topological polar surface area (TPSA) is 54.7 Å². The second kappa shape index (κ2) is 9.06. The van der Waals surface area contributed by atoms with Crippen LogP contribution in [-0.4, -0.2) is 29.4 Å². The molecule has 1 N–H and O–H groups in total. The van der Waals surface area contributed by atoms with Crippen molar-refractivity contribution in [1.82, 2.24) is 15.1 Å². The summed E-state index contributed by atoms with van der Waals surface area (Å²) in [6.45, 7) is 4.24. The van der Waals surface area contributed by atoms with Crippen molar-refractivity contribution in [2.75, 3.05) is 18.6 Å². The van der Waals surface area contributed by atoms with E-state index in [4.69, 9.17) is 4.74 Å². The van der Waals surface area contributed by atoms with Gasteiger partial charge in [-0.05, 0) is 37.6 Å². The largest absolute Gasteiger partial charge is 0.501 e. The fourth-order valence-electron chi connectivity index (χ4n) is 3.14. The molecule has 0 atom stereocenters. The highest BCUT2D eigenvalue weighted by molar-refractivity contribution is 5.98. The molecule has 3 rings (SSSR count). The summed E-state index contributed by atoms with van der Waals surface area (Å²) in [4.78, 5) is 6.39. The molecule has 0 unspecified atom stereocenters. The number of aliphatic imine (C=N–C) groups is 1. The molecule has 1 aliphatic rings. The molecule has 2 heterocycles. The van der Waals surface area contributed by atoms with Crippen molar-refractivity contribution < 1.29 is 17.9 Å². The number of fused-ring (bicyclic) bond motifs is 1. The molecule has 30 heavy (non-hydrogen) atoms. The molecule has 0 aliphatic carbocycles. The normalized spacial score (nSPS) is 14.9. The van der Waals surface area contributed by atoms with E-state index < -0.39 is 17.5 Å². The Morgan fingerprint density at radius 2 is 1.97 bits per heavy atom. The number of guanidine groups is 1. The number of benzene rings is 1. The molecule has 9 heteroatoms. The van der Waals surface area contributed by atoms with Gasteiger partial charge in [-0.15, -0.1) is 0 Å². The molecule has 0 saturated carbocycles. The summed E-state index contributed by atoms with van der Waals surface area (Å²) in [5, 5.41) is 7.72. The zero-order valence-corrected chi connectivity index (χ0v) is 17.3. The minimum atomic E-state index is -1.49. The minimum absolute atomic E-state index is 0.0720. The number of nitrogens with one attached hydrogen (secondary N) is 1. The number of aromatic nitrogens is 2. The van der Waals surface area contributed by atoms with E-state index in [0.29, 0.717) is 24.7 Å². The van der Waals surface area contributed by atoms with Gasteiger partial charge in [0.05, 0.1) is 30.8 Å². The Labute approximate surface area is 173 Å². The van der Waals surface area contributed by atoms with E-state index in [1.165, 1.54) is 0 Å². The molecular formula is C21H24F3N5O. The molecule has 0 saturated heterocycles. The van der Waals surface area contributed by atoms with Crippen molar-refractivity contribution >= 4 is 11.6 Å². The van der Waals surface area contributed by atoms with Gasteiger partial charge in [0.2, 0.25) is 5.96 Å². The monoisotopic (exact) mass is 419 g/mol. The number of nitrogens with zero attached hydrogens (tertiary/aromatic N) is 4. The molecule has 2 aromatic rings. The van der Waals surface area contributed by atoms with Gasteiger partial charge in [-0.25, -0.2) is 13.2 Å². The molecule has 1 aliphatic heterocycles. The fraction of sp³-hybridized carbons (Fsp3) is 0.333. The van der Waals surface area contributed by atoms with Crippen LogP contribution in [-0.2, 0) is 24.8 Å². The summed E-state index contributed by atoms with van der Waals surface area (Å²) in [5.41, 5.74) is 2.58. The Morgan fingerprint density at radius 3 is 2.60 bits per heavy atom. The molecular weight excluding hydrogens is 395 g/mol. The third-order valence-electron chi connectivity index (χ3n) is 4.67. The van der Waals surface area contributed by atoms with Crippen LogP contribution in [0.25, 0.3) is 0 Å². The van der Waals surface area contributed by atoms with E-state index in [2.05, 4.69) is 15.4 Å². The number of hydrogen-bond donors (Lipinski definition) is 1. The average Bonchev–Trinajstić information content (AvgIpc) is 3.01. The number of hydrogen-bond acceptors (Lipinski definition) is 5. The minimum Gasteiger partial charge on any atom is -0.501 e. The van der Waals surface area contributed by atoms with Crippen molar-refractivity contribution in [3.8, 4) is 0 Å². The predicted molar refractivity (Wildman–Crippen MR) is 109 cm³/mol. The quantitative estimate of drug-likeness (QED) is 0.455. The highest BCUT2D eigenvalue weighted by Crippen LogP contribution is 2.26. The Morgan fingerprint density at radius 1 is 1.27 bits per heavy atom. The van der Waals surface area contributed by atoms with Crippen molar-refractivity contribution in [3.05, 3.63) is 70.6 Å². The van der Waals surface area contributed by atoms with Crippen molar-refractivity contribution in [1.29, 1.82) is 0 Å². The van der Waals surface area contributed by atoms with Gasteiger partial charge in [-0.2, -0.15) is 5.10 Å². The summed E-state index contributed by atoms with van der Waals surface area (Å²) in [6, 6.07) is 1.98. The molecule has 6 nitrogen and oxygen atoms in total. The summed E-state index contributed by atoms with van der Waals surface area (Å²) in [6.07, 6.45) is 6.10. The van der Waals surface area contributed by atoms with E-state index in [1.54, 1.807) is 23.7 Å². The number of ether oxygens (including phenoxy) is 1. The number of halogens is 3. The van der Waals surface area contributed by atoms with Crippen LogP contribution in [0.1, 0.15) is 25.1 Å². The summed E-state index contributed by atoms with van der Waals surface area (Å²) < 4.78 is 47.9. The first kappa shape index (κ1) is 21.5. The zero-order chi connectivity index (χ0) is 21.8. The van der Waals surface area contributed by atoms with Crippen LogP contribution in [0.4, 0.5) is 18.9 Å². The van der Waals surface area contributed by atoms with Gasteiger partial charge in [0.15, 0.2) is 17.5 Å². The first-order valence-corrected chi connectivity index (χ1v) is 9.46. The van der Waals surface area contributed by atoms with Gasteiger partial charge >= 0.3 is 0 Å². The first-order valence-electron chi connectivity index (χ1n) is 9.46. The Hall–Kier alpha value is -3.23. The predicted octanol–water partition coefficient (Wildman–Crippen LogP) is 3.80. The number of allylic oxidation sites excluding steroid dienone is 3. The maximum absolute atomic E-state index is 13.8. The molecule has 1 aromatic heterocycles. The fourth-order valence-corrected chi connectivity index (χ4v) is 3.14. The number of aryl methyl sites for hydroxylation is 1. The third-order valence-corrected chi connectivity index (χ3v) is 4.67. The molecule has 0 bridgehead atoms.